The maximum atomic E-state index is 11.9. The highest BCUT2D eigenvalue weighted by molar-refractivity contribution is 5.86. The molecule has 0 bridgehead atoms. The lowest BCUT2D eigenvalue weighted by atomic mass is 9.63. The fraction of sp³-hybridized carbons (Fsp3) is 0.583. The summed E-state index contributed by atoms with van der Waals surface area (Å²) in [7, 11) is 0. The van der Waals surface area contributed by atoms with Gasteiger partial charge in [-0.1, -0.05) is 6.92 Å². The second-order valence-corrected chi connectivity index (χ2v) is 4.73. The van der Waals surface area contributed by atoms with E-state index in [1.165, 1.54) is 0 Å². The Bertz CT molecular complexity index is 426. The number of nitrogens with zero attached hydrogens (tertiary/aromatic N) is 3. The minimum absolute atomic E-state index is 0.134. The minimum atomic E-state index is -0.774. The van der Waals surface area contributed by atoms with Crippen LogP contribution < -0.4 is 5.32 Å². The summed E-state index contributed by atoms with van der Waals surface area (Å²) in [5.74, 6) is 0.344. The van der Waals surface area contributed by atoms with Gasteiger partial charge >= 0.3 is 0 Å². The molecule has 1 heterocycles. The number of rotatable bonds is 4. The van der Waals surface area contributed by atoms with Crippen LogP contribution >= 0.6 is 0 Å². The molecule has 0 aromatic carbocycles. The van der Waals surface area contributed by atoms with E-state index in [4.69, 9.17) is 5.26 Å². The molecule has 0 aliphatic heterocycles. The van der Waals surface area contributed by atoms with E-state index >= 15 is 0 Å². The van der Waals surface area contributed by atoms with Gasteiger partial charge in [-0.25, -0.2) is 0 Å². The first-order valence-corrected chi connectivity index (χ1v) is 5.83. The third-order valence-corrected chi connectivity index (χ3v) is 3.23. The van der Waals surface area contributed by atoms with Crippen LogP contribution in [0.3, 0.4) is 0 Å². The Morgan fingerprint density at radius 1 is 1.71 bits per heavy atom. The highest BCUT2D eigenvalue weighted by Gasteiger charge is 2.48. The average Bonchev–Trinajstić information content (AvgIpc) is 2.77. The van der Waals surface area contributed by atoms with Gasteiger partial charge in [-0.15, -0.1) is 0 Å². The van der Waals surface area contributed by atoms with E-state index in [-0.39, 0.29) is 5.91 Å². The summed E-state index contributed by atoms with van der Waals surface area (Å²) >= 11 is 0. The van der Waals surface area contributed by atoms with E-state index in [0.29, 0.717) is 31.8 Å². The van der Waals surface area contributed by atoms with E-state index in [1.54, 1.807) is 10.9 Å². The number of carbonyl (C=O) groups is 1. The molecule has 0 unspecified atom stereocenters. The molecule has 1 aromatic rings. The molecule has 1 aromatic heterocycles. The number of nitrogens with one attached hydrogen (secondary N) is 1. The van der Waals surface area contributed by atoms with Crippen LogP contribution in [-0.2, 0) is 11.3 Å². The number of carbonyl (C=O) groups excluding carboxylic acids is 1. The lowest BCUT2D eigenvalue weighted by Gasteiger charge is -2.39. The van der Waals surface area contributed by atoms with Crippen molar-refractivity contribution in [2.24, 2.45) is 11.3 Å². The van der Waals surface area contributed by atoms with Gasteiger partial charge < -0.3 is 5.32 Å². The summed E-state index contributed by atoms with van der Waals surface area (Å²) in [6, 6.07) is 3.99. The molecule has 1 aliphatic rings. The monoisotopic (exact) mass is 232 g/mol. The van der Waals surface area contributed by atoms with Crippen molar-refractivity contribution in [3.63, 3.8) is 0 Å². The molecule has 17 heavy (non-hydrogen) atoms. The highest BCUT2D eigenvalue weighted by Crippen LogP contribution is 2.44. The Labute approximate surface area is 100 Å². The van der Waals surface area contributed by atoms with Crippen molar-refractivity contribution >= 4 is 5.91 Å². The van der Waals surface area contributed by atoms with Crippen LogP contribution in [0.4, 0.5) is 0 Å². The van der Waals surface area contributed by atoms with E-state index in [2.05, 4.69) is 23.4 Å². The Balaban J connectivity index is 1.80. The second kappa shape index (κ2) is 4.58. The summed E-state index contributed by atoms with van der Waals surface area (Å²) in [6.45, 7) is 3.21. The lowest BCUT2D eigenvalue weighted by molar-refractivity contribution is -0.133. The predicted molar refractivity (Wildman–Crippen MR) is 61.7 cm³/mol. The van der Waals surface area contributed by atoms with Crippen molar-refractivity contribution in [3.05, 3.63) is 18.5 Å². The Hall–Kier alpha value is -1.83. The molecule has 1 saturated carbocycles. The Morgan fingerprint density at radius 2 is 2.47 bits per heavy atom. The van der Waals surface area contributed by atoms with E-state index in [9.17, 15) is 4.79 Å². The quantitative estimate of drug-likeness (QED) is 0.839. The van der Waals surface area contributed by atoms with Gasteiger partial charge in [0.05, 0.1) is 12.6 Å². The summed E-state index contributed by atoms with van der Waals surface area (Å²) in [6.07, 6.45) is 4.90. The number of hydrogen-bond acceptors (Lipinski definition) is 3. The normalized spacial score (nSPS) is 26.9. The molecule has 5 heteroatoms. The van der Waals surface area contributed by atoms with Crippen LogP contribution in [0.15, 0.2) is 18.5 Å². The van der Waals surface area contributed by atoms with Gasteiger partial charge in [0.2, 0.25) is 5.91 Å². The zero-order valence-corrected chi connectivity index (χ0v) is 9.89. The van der Waals surface area contributed by atoms with Gasteiger partial charge in [-0.3, -0.25) is 9.48 Å². The van der Waals surface area contributed by atoms with Crippen LogP contribution in [0.2, 0.25) is 0 Å². The first kappa shape index (κ1) is 11.6. The number of amides is 1. The van der Waals surface area contributed by atoms with Gasteiger partial charge in [0.15, 0.2) is 0 Å². The Kier molecular flexibility index (Phi) is 3.14. The molecule has 0 saturated heterocycles. The molecule has 1 amide bonds. The summed E-state index contributed by atoms with van der Waals surface area (Å²) in [4.78, 5) is 11.9. The zero-order valence-electron chi connectivity index (χ0n) is 9.89. The maximum Gasteiger partial charge on any atom is 0.240 e. The van der Waals surface area contributed by atoms with Crippen LogP contribution in [-0.4, -0.2) is 22.2 Å². The first-order valence-electron chi connectivity index (χ1n) is 5.83. The van der Waals surface area contributed by atoms with Gasteiger partial charge in [0.1, 0.15) is 5.41 Å². The third kappa shape index (κ3) is 2.31. The van der Waals surface area contributed by atoms with Gasteiger partial charge in [0, 0.05) is 18.9 Å². The van der Waals surface area contributed by atoms with Gasteiger partial charge in [-0.05, 0) is 24.8 Å². The Morgan fingerprint density at radius 3 is 3.00 bits per heavy atom. The fourth-order valence-corrected chi connectivity index (χ4v) is 2.34. The molecule has 1 fully saturated rings. The summed E-state index contributed by atoms with van der Waals surface area (Å²) in [5, 5.41) is 15.9. The lowest BCUT2D eigenvalue weighted by Crippen LogP contribution is -2.48. The zero-order chi connectivity index (χ0) is 12.3. The molecular formula is C12H16N4O. The molecule has 90 valence electrons. The topological polar surface area (TPSA) is 70.7 Å². The molecular weight excluding hydrogens is 216 g/mol. The molecule has 5 nitrogen and oxygen atoms in total. The van der Waals surface area contributed by atoms with Crippen LogP contribution in [0.1, 0.15) is 19.8 Å². The number of hydrogen-bond donors (Lipinski definition) is 1. The highest BCUT2D eigenvalue weighted by atomic mass is 16.2. The van der Waals surface area contributed by atoms with E-state index in [0.717, 1.165) is 0 Å². The maximum absolute atomic E-state index is 11.9. The standard InChI is InChI=1S/C12H16N4O/c1-10-7-12(8-10,9-13)11(17)14-4-6-16-5-2-3-15-16/h2-3,5,10H,4,6-8H2,1H3,(H,14,17). The van der Waals surface area contributed by atoms with Gasteiger partial charge in [-0.2, -0.15) is 10.4 Å². The van der Waals surface area contributed by atoms with Crippen molar-refractivity contribution in [2.75, 3.05) is 6.54 Å². The van der Waals surface area contributed by atoms with Gasteiger partial charge in [0.25, 0.3) is 0 Å². The van der Waals surface area contributed by atoms with Crippen molar-refractivity contribution in [1.29, 1.82) is 5.26 Å². The predicted octanol–water partition coefficient (Wildman–Crippen LogP) is 0.939. The third-order valence-electron chi connectivity index (χ3n) is 3.23. The molecule has 0 atom stereocenters. The van der Waals surface area contributed by atoms with Crippen LogP contribution in [0, 0.1) is 22.7 Å². The molecule has 0 radical (unpaired) electrons. The number of aromatic nitrogens is 2. The summed E-state index contributed by atoms with van der Waals surface area (Å²) < 4.78 is 1.75. The smallest absolute Gasteiger partial charge is 0.240 e. The SMILES string of the molecule is CC1CC(C#N)(C(=O)NCCn2cccn2)C1. The van der Waals surface area contributed by atoms with E-state index in [1.807, 2.05) is 12.3 Å². The fourth-order valence-electron chi connectivity index (χ4n) is 2.34. The summed E-state index contributed by atoms with van der Waals surface area (Å²) in [5.41, 5.74) is -0.774. The molecule has 0 spiro atoms. The number of nitriles is 1. The first-order chi connectivity index (χ1) is 8.16. The van der Waals surface area contributed by atoms with Crippen molar-refractivity contribution < 1.29 is 4.79 Å². The van der Waals surface area contributed by atoms with E-state index < -0.39 is 5.41 Å². The minimum Gasteiger partial charge on any atom is -0.353 e. The largest absolute Gasteiger partial charge is 0.353 e. The molecule has 2 rings (SSSR count). The molecule has 1 aliphatic carbocycles. The van der Waals surface area contributed by atoms with Crippen LogP contribution in [0.5, 0.6) is 0 Å². The average molecular weight is 232 g/mol. The van der Waals surface area contributed by atoms with Crippen molar-refractivity contribution in [3.8, 4) is 6.07 Å². The second-order valence-electron chi connectivity index (χ2n) is 4.73. The van der Waals surface area contributed by atoms with Crippen molar-refractivity contribution in [1.82, 2.24) is 15.1 Å². The molecule has 1 N–H and O–H groups in total. The van der Waals surface area contributed by atoms with Crippen molar-refractivity contribution in [2.45, 2.75) is 26.3 Å². The van der Waals surface area contributed by atoms with Crippen LogP contribution in [0.25, 0.3) is 0 Å².